The number of benzene rings is 2. The standard InChI is InChI=1S/C27H27N3O5/c1-32-21-10-5-8-18(13-21)23-15-25(35-29-23)27(31)30-12-6-9-20(17-30)26-28-16-22(34-26)14-19-7-3-4-11-24(19)33-2/h3-5,7-8,10-11,13,15-16,20H,6,9,12,14,17H2,1-2H3/t20-/m1/s1. The highest BCUT2D eigenvalue weighted by atomic mass is 16.5. The van der Waals surface area contributed by atoms with E-state index < -0.39 is 0 Å². The number of rotatable bonds is 7. The molecule has 2 aromatic carbocycles. The second-order valence-electron chi connectivity index (χ2n) is 8.55. The van der Waals surface area contributed by atoms with Gasteiger partial charge in [0.2, 0.25) is 5.76 Å². The van der Waals surface area contributed by atoms with Crippen LogP contribution in [0.1, 0.15) is 46.5 Å². The molecule has 8 nitrogen and oxygen atoms in total. The Bertz CT molecular complexity index is 1310. The number of nitrogens with zero attached hydrogens (tertiary/aromatic N) is 3. The summed E-state index contributed by atoms with van der Waals surface area (Å²) in [5, 5.41) is 4.09. The molecule has 1 amide bonds. The molecule has 0 spiro atoms. The van der Waals surface area contributed by atoms with E-state index in [0.717, 1.165) is 35.5 Å². The predicted molar refractivity (Wildman–Crippen MR) is 129 cm³/mol. The van der Waals surface area contributed by atoms with Gasteiger partial charge in [-0.15, -0.1) is 0 Å². The van der Waals surface area contributed by atoms with E-state index in [9.17, 15) is 4.79 Å². The van der Waals surface area contributed by atoms with Gasteiger partial charge < -0.3 is 23.3 Å². The number of likely N-dealkylation sites (tertiary alicyclic amines) is 1. The molecule has 5 rings (SSSR count). The molecule has 1 atom stereocenters. The monoisotopic (exact) mass is 473 g/mol. The van der Waals surface area contributed by atoms with Crippen molar-refractivity contribution in [2.24, 2.45) is 0 Å². The number of amides is 1. The van der Waals surface area contributed by atoms with Gasteiger partial charge in [0.1, 0.15) is 23.0 Å². The zero-order valence-corrected chi connectivity index (χ0v) is 19.8. The number of carbonyl (C=O) groups is 1. The van der Waals surface area contributed by atoms with E-state index >= 15 is 0 Å². The molecule has 35 heavy (non-hydrogen) atoms. The number of methoxy groups -OCH3 is 2. The lowest BCUT2D eigenvalue weighted by molar-refractivity contribution is 0.0656. The molecule has 0 saturated carbocycles. The minimum atomic E-state index is -0.183. The van der Waals surface area contributed by atoms with Crippen molar-refractivity contribution in [2.45, 2.75) is 25.2 Å². The topological polar surface area (TPSA) is 90.8 Å². The third kappa shape index (κ3) is 4.91. The van der Waals surface area contributed by atoms with Crippen molar-refractivity contribution >= 4 is 5.91 Å². The second kappa shape index (κ2) is 10.0. The molecule has 2 aromatic heterocycles. The maximum Gasteiger partial charge on any atom is 0.292 e. The van der Waals surface area contributed by atoms with Gasteiger partial charge in [0.25, 0.3) is 5.91 Å². The fourth-order valence-corrected chi connectivity index (χ4v) is 4.44. The van der Waals surface area contributed by atoms with Gasteiger partial charge in [0, 0.05) is 36.7 Å². The van der Waals surface area contributed by atoms with Crippen molar-refractivity contribution in [1.29, 1.82) is 0 Å². The predicted octanol–water partition coefficient (Wildman–Crippen LogP) is 4.96. The maximum atomic E-state index is 13.2. The summed E-state index contributed by atoms with van der Waals surface area (Å²) >= 11 is 0. The molecule has 1 saturated heterocycles. The number of hydrogen-bond donors (Lipinski definition) is 0. The summed E-state index contributed by atoms with van der Waals surface area (Å²) in [5.74, 6) is 3.02. The van der Waals surface area contributed by atoms with E-state index in [1.165, 1.54) is 0 Å². The molecule has 0 N–H and O–H groups in total. The average molecular weight is 474 g/mol. The minimum absolute atomic E-state index is 0.0277. The summed E-state index contributed by atoms with van der Waals surface area (Å²) in [5.41, 5.74) is 2.45. The van der Waals surface area contributed by atoms with Crippen molar-refractivity contribution in [2.75, 3.05) is 27.3 Å². The lowest BCUT2D eigenvalue weighted by Crippen LogP contribution is -2.39. The summed E-state index contributed by atoms with van der Waals surface area (Å²) in [4.78, 5) is 19.5. The maximum absolute atomic E-state index is 13.2. The Balaban J connectivity index is 1.26. The van der Waals surface area contributed by atoms with Gasteiger partial charge in [-0.2, -0.15) is 0 Å². The van der Waals surface area contributed by atoms with Crippen LogP contribution in [0.15, 0.2) is 69.7 Å². The van der Waals surface area contributed by atoms with Crippen molar-refractivity contribution in [1.82, 2.24) is 15.0 Å². The van der Waals surface area contributed by atoms with Gasteiger partial charge in [-0.1, -0.05) is 35.5 Å². The van der Waals surface area contributed by atoms with E-state index in [1.807, 2.05) is 48.5 Å². The van der Waals surface area contributed by atoms with Crippen LogP contribution in [0.4, 0.5) is 0 Å². The molecule has 1 aliphatic heterocycles. The van der Waals surface area contributed by atoms with Gasteiger partial charge >= 0.3 is 0 Å². The number of piperidine rings is 1. The van der Waals surface area contributed by atoms with Crippen LogP contribution in [-0.4, -0.2) is 48.3 Å². The zero-order chi connectivity index (χ0) is 24.2. The number of para-hydroxylation sites is 1. The van der Waals surface area contributed by atoms with E-state index in [-0.39, 0.29) is 17.6 Å². The molecule has 3 heterocycles. The highest BCUT2D eigenvalue weighted by molar-refractivity contribution is 5.92. The quantitative estimate of drug-likeness (QED) is 0.375. The van der Waals surface area contributed by atoms with Crippen LogP contribution >= 0.6 is 0 Å². The Morgan fingerprint density at radius 2 is 2.00 bits per heavy atom. The Labute approximate surface area is 203 Å². The van der Waals surface area contributed by atoms with E-state index in [0.29, 0.717) is 36.8 Å². The van der Waals surface area contributed by atoms with Crippen molar-refractivity contribution in [3.05, 3.63) is 83.8 Å². The van der Waals surface area contributed by atoms with Crippen molar-refractivity contribution < 1.29 is 23.2 Å². The fraction of sp³-hybridized carbons (Fsp3) is 0.296. The summed E-state index contributed by atoms with van der Waals surface area (Å²) in [6, 6.07) is 17.0. The number of carbonyl (C=O) groups excluding carboxylic acids is 1. The molecule has 1 aliphatic rings. The van der Waals surface area contributed by atoms with Crippen LogP contribution in [0.2, 0.25) is 0 Å². The molecule has 0 unspecified atom stereocenters. The second-order valence-corrected chi connectivity index (χ2v) is 8.55. The molecule has 4 aromatic rings. The van der Waals surface area contributed by atoms with Crippen molar-refractivity contribution in [3.8, 4) is 22.8 Å². The average Bonchev–Trinajstić information content (AvgIpc) is 3.59. The van der Waals surface area contributed by atoms with Gasteiger partial charge in [-0.05, 0) is 31.0 Å². The summed E-state index contributed by atoms with van der Waals surface area (Å²) < 4.78 is 22.2. The number of oxazole rings is 1. The van der Waals surface area contributed by atoms with Crippen LogP contribution < -0.4 is 9.47 Å². The molecule has 1 fully saturated rings. The first kappa shape index (κ1) is 22.7. The van der Waals surface area contributed by atoms with Crippen LogP contribution in [-0.2, 0) is 6.42 Å². The third-order valence-electron chi connectivity index (χ3n) is 6.27. The van der Waals surface area contributed by atoms with Gasteiger partial charge in [0.05, 0.1) is 26.3 Å². The van der Waals surface area contributed by atoms with Gasteiger partial charge in [-0.3, -0.25) is 4.79 Å². The van der Waals surface area contributed by atoms with Gasteiger partial charge in [-0.25, -0.2) is 4.98 Å². The van der Waals surface area contributed by atoms with Crippen LogP contribution in [0, 0.1) is 0 Å². The summed E-state index contributed by atoms with van der Waals surface area (Å²) in [6.45, 7) is 1.17. The molecule has 0 aliphatic carbocycles. The summed E-state index contributed by atoms with van der Waals surface area (Å²) in [7, 11) is 3.27. The Hall–Kier alpha value is -4.07. The van der Waals surface area contributed by atoms with Crippen LogP contribution in [0.25, 0.3) is 11.3 Å². The van der Waals surface area contributed by atoms with E-state index in [2.05, 4.69) is 10.1 Å². The van der Waals surface area contributed by atoms with E-state index in [4.69, 9.17) is 18.4 Å². The zero-order valence-electron chi connectivity index (χ0n) is 19.8. The Kier molecular flexibility index (Phi) is 6.52. The third-order valence-corrected chi connectivity index (χ3v) is 6.27. The lowest BCUT2D eigenvalue weighted by Gasteiger charge is -2.30. The number of hydrogen-bond acceptors (Lipinski definition) is 7. The number of aromatic nitrogens is 2. The lowest BCUT2D eigenvalue weighted by atomic mass is 9.97. The molecule has 8 heteroatoms. The first-order valence-electron chi connectivity index (χ1n) is 11.6. The van der Waals surface area contributed by atoms with Crippen LogP contribution in [0.5, 0.6) is 11.5 Å². The highest BCUT2D eigenvalue weighted by Gasteiger charge is 2.30. The molecule has 0 radical (unpaired) electrons. The molecular weight excluding hydrogens is 446 g/mol. The first-order chi connectivity index (χ1) is 17.1. The highest BCUT2D eigenvalue weighted by Crippen LogP contribution is 2.30. The normalized spacial score (nSPS) is 15.7. The minimum Gasteiger partial charge on any atom is -0.497 e. The smallest absolute Gasteiger partial charge is 0.292 e. The SMILES string of the molecule is COc1cccc(-c2cc(C(=O)N3CCC[C@@H](c4ncc(Cc5ccccc5OC)o4)C3)on2)c1. The summed E-state index contributed by atoms with van der Waals surface area (Å²) in [6.07, 6.45) is 4.12. The molecular formula is C27H27N3O5. The number of ether oxygens (including phenoxy) is 2. The molecule has 0 bridgehead atoms. The molecule has 180 valence electrons. The van der Waals surface area contributed by atoms with Gasteiger partial charge in [0.15, 0.2) is 5.89 Å². The largest absolute Gasteiger partial charge is 0.497 e. The fourth-order valence-electron chi connectivity index (χ4n) is 4.44. The van der Waals surface area contributed by atoms with Crippen molar-refractivity contribution in [3.63, 3.8) is 0 Å². The van der Waals surface area contributed by atoms with E-state index in [1.54, 1.807) is 31.4 Å². The van der Waals surface area contributed by atoms with Crippen LogP contribution in [0.3, 0.4) is 0 Å². The Morgan fingerprint density at radius 3 is 2.86 bits per heavy atom. The Morgan fingerprint density at radius 1 is 1.11 bits per heavy atom. The first-order valence-corrected chi connectivity index (χ1v) is 11.6.